The average Bonchev–Trinajstić information content (AvgIpc) is 2.74. The van der Waals surface area contributed by atoms with E-state index in [1.807, 2.05) is 6.07 Å². The van der Waals surface area contributed by atoms with Crippen molar-refractivity contribution in [1.29, 1.82) is 5.26 Å². The highest BCUT2D eigenvalue weighted by molar-refractivity contribution is 7.09. The van der Waals surface area contributed by atoms with Gasteiger partial charge in [-0.2, -0.15) is 5.26 Å². The number of thiazole rings is 1. The van der Waals surface area contributed by atoms with Crippen LogP contribution in [0.1, 0.15) is 37.4 Å². The van der Waals surface area contributed by atoms with Crippen molar-refractivity contribution < 1.29 is 14.3 Å². The first-order valence-corrected chi connectivity index (χ1v) is 7.30. The van der Waals surface area contributed by atoms with Gasteiger partial charge in [0.2, 0.25) is 0 Å². The van der Waals surface area contributed by atoms with E-state index in [-0.39, 0.29) is 12.3 Å². The largest absolute Gasteiger partial charge is 0.444 e. The van der Waals surface area contributed by atoms with Crippen LogP contribution in [0.15, 0.2) is 5.38 Å². The van der Waals surface area contributed by atoms with E-state index in [1.165, 1.54) is 23.3 Å². The van der Waals surface area contributed by atoms with Gasteiger partial charge < -0.3 is 9.64 Å². The zero-order valence-corrected chi connectivity index (χ0v) is 13.7. The lowest BCUT2D eigenvalue weighted by atomic mass is 10.1. The molecule has 1 rings (SSSR count). The van der Waals surface area contributed by atoms with Crippen LogP contribution in [0.3, 0.4) is 0 Å². The third-order valence-electron chi connectivity index (χ3n) is 2.43. The van der Waals surface area contributed by atoms with Crippen LogP contribution in [0, 0.1) is 18.3 Å². The zero-order valence-electron chi connectivity index (χ0n) is 12.8. The molecular weight excluding hydrogens is 290 g/mol. The molecule has 0 aliphatic heterocycles. The molecule has 1 heterocycles. The summed E-state index contributed by atoms with van der Waals surface area (Å²) < 4.78 is 5.16. The summed E-state index contributed by atoms with van der Waals surface area (Å²) in [5.74, 6) is -1.33. The molecule has 0 fully saturated rings. The third kappa shape index (κ3) is 5.16. The first-order chi connectivity index (χ1) is 9.64. The summed E-state index contributed by atoms with van der Waals surface area (Å²) in [6.07, 6.45) is -0.595. The second-order valence-electron chi connectivity index (χ2n) is 5.69. The van der Waals surface area contributed by atoms with Crippen molar-refractivity contribution in [3.8, 4) is 6.07 Å². The van der Waals surface area contributed by atoms with E-state index in [0.29, 0.717) is 5.01 Å². The second kappa shape index (κ2) is 6.68. The second-order valence-corrected chi connectivity index (χ2v) is 6.58. The molecule has 0 spiro atoms. The SMILES string of the molecule is Cc1csc([C@@H](C#N)C(=O)CN(C)C(=O)OC(C)(C)C)n1. The van der Waals surface area contributed by atoms with Crippen LogP contribution in [0.4, 0.5) is 4.79 Å². The Balaban J connectivity index is 2.71. The van der Waals surface area contributed by atoms with Gasteiger partial charge in [0.1, 0.15) is 10.6 Å². The average molecular weight is 309 g/mol. The Morgan fingerprint density at radius 3 is 2.57 bits per heavy atom. The number of ketones is 1. The molecule has 1 amide bonds. The van der Waals surface area contributed by atoms with Gasteiger partial charge in [0.25, 0.3) is 0 Å². The van der Waals surface area contributed by atoms with Gasteiger partial charge in [-0.15, -0.1) is 11.3 Å². The first kappa shape index (κ1) is 17.1. The molecule has 0 aliphatic rings. The summed E-state index contributed by atoms with van der Waals surface area (Å²) in [7, 11) is 1.47. The summed E-state index contributed by atoms with van der Waals surface area (Å²) in [6, 6.07) is 1.94. The molecule has 0 bridgehead atoms. The predicted octanol–water partition coefficient (Wildman–Crippen LogP) is 2.49. The number of carbonyl (C=O) groups excluding carboxylic acids is 2. The fourth-order valence-electron chi connectivity index (χ4n) is 1.50. The third-order valence-corrected chi connectivity index (χ3v) is 3.46. The number of hydrogen-bond acceptors (Lipinski definition) is 6. The number of likely N-dealkylation sites (N-methyl/N-ethyl adjacent to an activating group) is 1. The Morgan fingerprint density at radius 2 is 2.14 bits per heavy atom. The van der Waals surface area contributed by atoms with Crippen molar-refractivity contribution in [2.45, 2.75) is 39.2 Å². The Hall–Kier alpha value is -1.94. The molecule has 0 aliphatic carbocycles. The minimum atomic E-state index is -0.950. The molecule has 21 heavy (non-hydrogen) atoms. The standard InChI is InChI=1S/C14H19N3O3S/c1-9-8-21-12(16-9)10(6-15)11(18)7-17(5)13(19)20-14(2,3)4/h8,10H,7H2,1-5H3/t10-/m0/s1. The number of carbonyl (C=O) groups is 2. The van der Waals surface area contributed by atoms with E-state index in [9.17, 15) is 9.59 Å². The van der Waals surface area contributed by atoms with Gasteiger partial charge in [0.05, 0.1) is 12.6 Å². The number of hydrogen-bond donors (Lipinski definition) is 0. The Morgan fingerprint density at radius 1 is 1.52 bits per heavy atom. The lowest BCUT2D eigenvalue weighted by Crippen LogP contribution is -2.38. The van der Waals surface area contributed by atoms with E-state index in [0.717, 1.165) is 5.69 Å². The molecule has 0 radical (unpaired) electrons. The van der Waals surface area contributed by atoms with Gasteiger partial charge in [-0.25, -0.2) is 9.78 Å². The number of nitriles is 1. The van der Waals surface area contributed by atoms with Crippen LogP contribution in [-0.4, -0.2) is 41.0 Å². The monoisotopic (exact) mass is 309 g/mol. The number of ether oxygens (including phenoxy) is 1. The van der Waals surface area contributed by atoms with Crippen LogP contribution in [0.5, 0.6) is 0 Å². The topological polar surface area (TPSA) is 83.3 Å². The van der Waals surface area contributed by atoms with E-state index >= 15 is 0 Å². The van der Waals surface area contributed by atoms with Crippen LogP contribution >= 0.6 is 11.3 Å². The van der Waals surface area contributed by atoms with Crippen LogP contribution in [-0.2, 0) is 9.53 Å². The molecule has 0 unspecified atom stereocenters. The van der Waals surface area contributed by atoms with Gasteiger partial charge in [-0.05, 0) is 27.7 Å². The zero-order chi connectivity index (χ0) is 16.2. The number of rotatable bonds is 4. The van der Waals surface area contributed by atoms with Gasteiger partial charge in [0.15, 0.2) is 11.7 Å². The molecular formula is C14H19N3O3S. The number of aryl methyl sites for hydroxylation is 1. The van der Waals surface area contributed by atoms with E-state index in [4.69, 9.17) is 10.00 Å². The van der Waals surface area contributed by atoms with Crippen molar-refractivity contribution >= 4 is 23.2 Å². The Bertz CT molecular complexity index is 569. The predicted molar refractivity (Wildman–Crippen MR) is 79.1 cm³/mol. The fraction of sp³-hybridized carbons (Fsp3) is 0.571. The summed E-state index contributed by atoms with van der Waals surface area (Å²) in [4.78, 5) is 29.3. The van der Waals surface area contributed by atoms with Crippen molar-refractivity contribution in [3.63, 3.8) is 0 Å². The normalized spacial score (nSPS) is 12.4. The van der Waals surface area contributed by atoms with Crippen LogP contribution in [0.25, 0.3) is 0 Å². The molecule has 0 aromatic carbocycles. The molecule has 1 atom stereocenters. The Kier molecular flexibility index (Phi) is 5.44. The molecule has 7 heteroatoms. The fourth-order valence-corrected chi connectivity index (χ4v) is 2.36. The highest BCUT2D eigenvalue weighted by Gasteiger charge is 2.27. The number of nitrogens with zero attached hydrogens (tertiary/aromatic N) is 3. The van der Waals surface area contributed by atoms with Crippen molar-refractivity contribution in [3.05, 3.63) is 16.1 Å². The summed E-state index contributed by atoms with van der Waals surface area (Å²) in [5.41, 5.74) is 0.138. The maximum atomic E-state index is 12.2. The molecule has 0 saturated heterocycles. The first-order valence-electron chi connectivity index (χ1n) is 6.42. The van der Waals surface area contributed by atoms with Gasteiger partial charge in [-0.3, -0.25) is 4.79 Å². The molecule has 1 aromatic rings. The van der Waals surface area contributed by atoms with Crippen LogP contribution in [0.2, 0.25) is 0 Å². The quantitative estimate of drug-likeness (QED) is 0.853. The van der Waals surface area contributed by atoms with Gasteiger partial charge >= 0.3 is 6.09 Å². The lowest BCUT2D eigenvalue weighted by molar-refractivity contribution is -0.120. The number of Topliss-reactive ketones (excluding diaryl/α,β-unsaturated/α-hetero) is 1. The molecule has 0 N–H and O–H groups in total. The smallest absolute Gasteiger partial charge is 0.410 e. The summed E-state index contributed by atoms with van der Waals surface area (Å²) in [6.45, 7) is 6.85. The molecule has 1 aromatic heterocycles. The van der Waals surface area contributed by atoms with Crippen LogP contribution < -0.4 is 0 Å². The van der Waals surface area contributed by atoms with Gasteiger partial charge in [-0.1, -0.05) is 0 Å². The number of aromatic nitrogens is 1. The summed E-state index contributed by atoms with van der Waals surface area (Å²) in [5, 5.41) is 11.4. The van der Waals surface area contributed by atoms with Crippen molar-refractivity contribution in [1.82, 2.24) is 9.88 Å². The molecule has 114 valence electrons. The maximum Gasteiger partial charge on any atom is 0.410 e. The Labute approximate surface area is 128 Å². The van der Waals surface area contributed by atoms with Gasteiger partial charge in [0, 0.05) is 18.1 Å². The highest BCUT2D eigenvalue weighted by atomic mass is 32.1. The van der Waals surface area contributed by atoms with Crippen molar-refractivity contribution in [2.24, 2.45) is 0 Å². The maximum absolute atomic E-state index is 12.2. The lowest BCUT2D eigenvalue weighted by Gasteiger charge is -2.24. The molecule has 0 saturated carbocycles. The summed E-state index contributed by atoms with van der Waals surface area (Å²) >= 11 is 1.27. The van der Waals surface area contributed by atoms with Crippen molar-refractivity contribution in [2.75, 3.05) is 13.6 Å². The minimum absolute atomic E-state index is 0.189. The van der Waals surface area contributed by atoms with E-state index in [1.54, 1.807) is 33.1 Å². The van der Waals surface area contributed by atoms with E-state index in [2.05, 4.69) is 4.98 Å². The highest BCUT2D eigenvalue weighted by Crippen LogP contribution is 2.21. The molecule has 6 nitrogen and oxygen atoms in total. The number of amides is 1. The minimum Gasteiger partial charge on any atom is -0.444 e. The van der Waals surface area contributed by atoms with E-state index < -0.39 is 17.6 Å².